The third-order valence-corrected chi connectivity index (χ3v) is 4.71. The zero-order valence-corrected chi connectivity index (χ0v) is 14.8. The first-order chi connectivity index (χ1) is 11.5. The van der Waals surface area contributed by atoms with Crippen LogP contribution in [0.4, 0.5) is 16.4 Å². The van der Waals surface area contributed by atoms with E-state index in [-0.39, 0.29) is 12.1 Å². The molecule has 128 valence electrons. The molecule has 0 bridgehead atoms. The second-order valence-electron chi connectivity index (χ2n) is 5.88. The monoisotopic (exact) mass is 347 g/mol. The summed E-state index contributed by atoms with van der Waals surface area (Å²) in [4.78, 5) is 24.8. The average molecular weight is 347 g/mol. The van der Waals surface area contributed by atoms with E-state index in [0.717, 1.165) is 16.9 Å². The van der Waals surface area contributed by atoms with E-state index >= 15 is 0 Å². The number of anilines is 2. The van der Waals surface area contributed by atoms with Crippen molar-refractivity contribution >= 4 is 29.0 Å². The Hall–Kier alpha value is -2.19. The number of thiophene rings is 1. The molecule has 1 atom stereocenters. The average Bonchev–Trinajstić information content (AvgIpc) is 3.00. The molecule has 0 spiro atoms. The molecule has 1 unspecified atom stereocenters. The first-order valence-electron chi connectivity index (χ1n) is 7.75. The molecule has 0 saturated carbocycles. The van der Waals surface area contributed by atoms with Gasteiger partial charge < -0.3 is 19.9 Å². The second kappa shape index (κ2) is 7.14. The van der Waals surface area contributed by atoms with Crippen molar-refractivity contribution in [2.45, 2.75) is 13.0 Å². The Bertz CT molecular complexity index is 718. The number of aryl methyl sites for hydroxylation is 1. The highest BCUT2D eigenvalue weighted by molar-refractivity contribution is 7.08. The molecule has 2 aromatic heterocycles. The number of amides is 2. The Morgan fingerprint density at radius 3 is 3.00 bits per heavy atom. The molecule has 0 radical (unpaired) electrons. The summed E-state index contributed by atoms with van der Waals surface area (Å²) in [6, 6.07) is 1.73. The number of aromatic nitrogens is 2. The van der Waals surface area contributed by atoms with Crippen LogP contribution in [0, 0.1) is 6.92 Å². The first-order valence-corrected chi connectivity index (χ1v) is 8.69. The lowest BCUT2D eigenvalue weighted by Gasteiger charge is -2.32. The van der Waals surface area contributed by atoms with E-state index in [2.05, 4.69) is 15.3 Å². The molecule has 3 heterocycles. The molecule has 8 heteroatoms. The Kier molecular flexibility index (Phi) is 4.96. The molecular weight excluding hydrogens is 326 g/mol. The van der Waals surface area contributed by atoms with Gasteiger partial charge in [0, 0.05) is 32.2 Å². The Morgan fingerprint density at radius 2 is 2.29 bits per heavy atom. The maximum atomic E-state index is 12.5. The molecule has 1 aliphatic heterocycles. The number of nitrogens with zero attached hydrogens (tertiary/aromatic N) is 4. The topological polar surface area (TPSA) is 70.6 Å². The maximum Gasteiger partial charge on any atom is 0.322 e. The van der Waals surface area contributed by atoms with Crippen molar-refractivity contribution in [3.05, 3.63) is 34.3 Å². The van der Waals surface area contributed by atoms with Gasteiger partial charge in [-0.05, 0) is 23.9 Å². The SMILES string of the molecule is Cc1cscc1NC(=O)N1CCOC(c2ccnc(N(C)C)n2)C1. The van der Waals surface area contributed by atoms with Gasteiger partial charge in [0.2, 0.25) is 5.95 Å². The molecular formula is C16H21N5O2S. The van der Waals surface area contributed by atoms with Crippen LogP contribution in [0.25, 0.3) is 0 Å². The van der Waals surface area contributed by atoms with Gasteiger partial charge >= 0.3 is 6.03 Å². The Balaban J connectivity index is 1.69. The van der Waals surface area contributed by atoms with E-state index < -0.39 is 0 Å². The van der Waals surface area contributed by atoms with Gasteiger partial charge in [-0.1, -0.05) is 0 Å². The van der Waals surface area contributed by atoms with Crippen LogP contribution >= 0.6 is 11.3 Å². The van der Waals surface area contributed by atoms with Gasteiger partial charge in [-0.25, -0.2) is 14.8 Å². The maximum absolute atomic E-state index is 12.5. The molecule has 1 fully saturated rings. The van der Waals surface area contributed by atoms with E-state index in [4.69, 9.17) is 4.74 Å². The van der Waals surface area contributed by atoms with E-state index in [1.165, 1.54) is 0 Å². The molecule has 0 aromatic carbocycles. The largest absolute Gasteiger partial charge is 0.368 e. The molecule has 2 amide bonds. The standard InChI is InChI=1S/C16H21N5O2S/c1-11-9-24-10-13(11)19-16(22)21-6-7-23-14(8-21)12-4-5-17-15(18-12)20(2)3/h4-5,9-10,14H,6-8H2,1-3H3,(H,19,22). The molecule has 0 aliphatic carbocycles. The van der Waals surface area contributed by atoms with E-state index in [9.17, 15) is 4.79 Å². The summed E-state index contributed by atoms with van der Waals surface area (Å²) < 4.78 is 5.81. The van der Waals surface area contributed by atoms with Crippen molar-refractivity contribution in [1.82, 2.24) is 14.9 Å². The zero-order valence-electron chi connectivity index (χ0n) is 14.0. The minimum Gasteiger partial charge on any atom is -0.368 e. The fourth-order valence-electron chi connectivity index (χ4n) is 2.45. The normalized spacial score (nSPS) is 17.6. The van der Waals surface area contributed by atoms with Crippen LogP contribution < -0.4 is 10.2 Å². The fourth-order valence-corrected chi connectivity index (χ4v) is 3.23. The highest BCUT2D eigenvalue weighted by Crippen LogP contribution is 2.24. The van der Waals surface area contributed by atoms with Crippen LogP contribution in [0.5, 0.6) is 0 Å². The summed E-state index contributed by atoms with van der Waals surface area (Å²) in [6.45, 7) is 3.51. The number of urea groups is 1. The lowest BCUT2D eigenvalue weighted by molar-refractivity contribution is -0.0157. The third-order valence-electron chi connectivity index (χ3n) is 3.85. The van der Waals surface area contributed by atoms with E-state index in [0.29, 0.717) is 25.6 Å². The van der Waals surface area contributed by atoms with Crippen LogP contribution in [0.2, 0.25) is 0 Å². The number of carbonyl (C=O) groups is 1. The molecule has 24 heavy (non-hydrogen) atoms. The molecule has 7 nitrogen and oxygen atoms in total. The summed E-state index contributed by atoms with van der Waals surface area (Å²) in [6.07, 6.45) is 1.48. The minimum atomic E-state index is -0.241. The summed E-state index contributed by atoms with van der Waals surface area (Å²) >= 11 is 1.58. The minimum absolute atomic E-state index is 0.105. The van der Waals surface area contributed by atoms with Gasteiger partial charge in [0.15, 0.2) is 0 Å². The zero-order chi connectivity index (χ0) is 17.1. The van der Waals surface area contributed by atoms with Gasteiger partial charge in [-0.15, -0.1) is 11.3 Å². The van der Waals surface area contributed by atoms with Crippen LogP contribution in [0.15, 0.2) is 23.0 Å². The van der Waals surface area contributed by atoms with Crippen molar-refractivity contribution in [3.8, 4) is 0 Å². The predicted molar refractivity (Wildman–Crippen MR) is 94.7 cm³/mol. The van der Waals surface area contributed by atoms with E-state index in [1.807, 2.05) is 42.7 Å². The molecule has 1 saturated heterocycles. The summed E-state index contributed by atoms with van der Waals surface area (Å²) in [5.74, 6) is 0.631. The van der Waals surface area contributed by atoms with Gasteiger partial charge in [0.05, 0.1) is 24.5 Å². The van der Waals surface area contributed by atoms with Gasteiger partial charge in [-0.2, -0.15) is 0 Å². The van der Waals surface area contributed by atoms with Crippen LogP contribution in [0.3, 0.4) is 0 Å². The summed E-state index contributed by atoms with van der Waals surface area (Å²) in [7, 11) is 3.79. The van der Waals surface area contributed by atoms with Crippen molar-refractivity contribution in [2.24, 2.45) is 0 Å². The van der Waals surface area contributed by atoms with Crippen molar-refractivity contribution in [1.29, 1.82) is 0 Å². The second-order valence-corrected chi connectivity index (χ2v) is 6.62. The van der Waals surface area contributed by atoms with Crippen LogP contribution in [-0.4, -0.2) is 54.7 Å². The number of carbonyl (C=O) groups excluding carboxylic acids is 1. The molecule has 1 aliphatic rings. The van der Waals surface area contributed by atoms with Crippen molar-refractivity contribution in [3.63, 3.8) is 0 Å². The Labute approximate surface area is 145 Å². The van der Waals surface area contributed by atoms with Crippen molar-refractivity contribution in [2.75, 3.05) is 44.0 Å². The highest BCUT2D eigenvalue weighted by atomic mass is 32.1. The van der Waals surface area contributed by atoms with Crippen LogP contribution in [0.1, 0.15) is 17.4 Å². The molecule has 3 rings (SSSR count). The van der Waals surface area contributed by atoms with Gasteiger partial charge in [0.25, 0.3) is 0 Å². The number of nitrogens with one attached hydrogen (secondary N) is 1. The van der Waals surface area contributed by atoms with Gasteiger partial charge in [0.1, 0.15) is 6.10 Å². The first kappa shape index (κ1) is 16.7. The Morgan fingerprint density at radius 1 is 1.46 bits per heavy atom. The number of rotatable bonds is 3. The highest BCUT2D eigenvalue weighted by Gasteiger charge is 2.27. The fraction of sp³-hybridized carbons (Fsp3) is 0.438. The molecule has 1 N–H and O–H groups in total. The number of hydrogen-bond donors (Lipinski definition) is 1. The summed E-state index contributed by atoms with van der Waals surface area (Å²) in [5, 5.41) is 6.92. The number of morpholine rings is 1. The predicted octanol–water partition coefficient (Wildman–Crippen LogP) is 2.52. The smallest absolute Gasteiger partial charge is 0.322 e. The third kappa shape index (κ3) is 3.65. The quantitative estimate of drug-likeness (QED) is 0.924. The van der Waals surface area contributed by atoms with Gasteiger partial charge in [-0.3, -0.25) is 0 Å². The summed E-state index contributed by atoms with van der Waals surface area (Å²) in [5.41, 5.74) is 2.73. The van der Waals surface area contributed by atoms with Crippen molar-refractivity contribution < 1.29 is 9.53 Å². The van der Waals surface area contributed by atoms with Crippen LogP contribution in [-0.2, 0) is 4.74 Å². The molecule has 2 aromatic rings. The number of hydrogen-bond acceptors (Lipinski definition) is 6. The number of ether oxygens (including phenoxy) is 1. The lowest BCUT2D eigenvalue weighted by Crippen LogP contribution is -2.44. The lowest BCUT2D eigenvalue weighted by atomic mass is 10.2. The van der Waals surface area contributed by atoms with E-state index in [1.54, 1.807) is 22.4 Å².